The number of carbonyl (C=O) groups excluding carboxylic acids is 1. The molecule has 1 amide bonds. The van der Waals surface area contributed by atoms with Crippen molar-refractivity contribution in [1.29, 1.82) is 0 Å². The summed E-state index contributed by atoms with van der Waals surface area (Å²) in [5.74, 6) is -3.56. The molecule has 0 saturated heterocycles. The van der Waals surface area contributed by atoms with Gasteiger partial charge in [0.1, 0.15) is 11.6 Å². The van der Waals surface area contributed by atoms with Crippen molar-refractivity contribution in [2.75, 3.05) is 0 Å². The maximum Gasteiger partial charge on any atom is 0.311 e. The van der Waals surface area contributed by atoms with Crippen molar-refractivity contribution in [1.82, 2.24) is 5.32 Å². The highest BCUT2D eigenvalue weighted by Gasteiger charge is 2.44. The van der Waals surface area contributed by atoms with Crippen molar-refractivity contribution < 1.29 is 23.5 Å². The molecule has 1 rings (SSSR count). The van der Waals surface area contributed by atoms with Gasteiger partial charge in [0.05, 0.1) is 11.0 Å². The molecule has 4 nitrogen and oxygen atoms in total. The molecule has 0 radical (unpaired) electrons. The normalized spacial score (nSPS) is 12.1. The minimum absolute atomic E-state index is 0.197. The van der Waals surface area contributed by atoms with Crippen molar-refractivity contribution in [2.24, 2.45) is 5.41 Å². The third-order valence-electron chi connectivity index (χ3n) is 3.65. The van der Waals surface area contributed by atoms with Gasteiger partial charge < -0.3 is 10.4 Å². The first kappa shape index (κ1) is 16.1. The lowest BCUT2D eigenvalue weighted by Gasteiger charge is -2.38. The Labute approximate surface area is 115 Å². The molecule has 0 spiro atoms. The number of aliphatic carboxylic acids is 1. The molecule has 0 atom stereocenters. The van der Waals surface area contributed by atoms with E-state index in [0.29, 0.717) is 6.07 Å². The summed E-state index contributed by atoms with van der Waals surface area (Å²) in [5.41, 5.74) is -2.57. The number of benzene rings is 1. The van der Waals surface area contributed by atoms with Gasteiger partial charge in [0, 0.05) is 11.6 Å². The summed E-state index contributed by atoms with van der Waals surface area (Å²) in [7, 11) is 0. The van der Waals surface area contributed by atoms with Gasteiger partial charge in [-0.25, -0.2) is 8.78 Å². The average molecular weight is 285 g/mol. The Hall–Kier alpha value is -1.98. The molecule has 0 aliphatic heterocycles. The SMILES string of the molecule is CC(C)(NC(=O)c1cc(F)cc(F)c1)C(C)(C)C(=O)O. The Kier molecular flexibility index (Phi) is 4.17. The predicted molar refractivity (Wildman–Crippen MR) is 69.3 cm³/mol. The van der Waals surface area contributed by atoms with Crippen molar-refractivity contribution in [3.8, 4) is 0 Å². The van der Waals surface area contributed by atoms with Crippen LogP contribution in [0.15, 0.2) is 18.2 Å². The lowest BCUT2D eigenvalue weighted by atomic mass is 9.74. The van der Waals surface area contributed by atoms with E-state index in [1.807, 2.05) is 0 Å². The Morgan fingerprint density at radius 3 is 1.90 bits per heavy atom. The summed E-state index contributed by atoms with van der Waals surface area (Å²) in [4.78, 5) is 23.2. The number of nitrogens with one attached hydrogen (secondary N) is 1. The Bertz CT molecular complexity index is 533. The van der Waals surface area contributed by atoms with Crippen LogP contribution in [0.2, 0.25) is 0 Å². The molecule has 0 aliphatic carbocycles. The third kappa shape index (κ3) is 3.12. The van der Waals surface area contributed by atoms with Crippen LogP contribution >= 0.6 is 0 Å². The number of halogens is 2. The highest BCUT2D eigenvalue weighted by atomic mass is 19.1. The number of carboxylic acids is 1. The van der Waals surface area contributed by atoms with E-state index in [2.05, 4.69) is 5.32 Å². The van der Waals surface area contributed by atoms with Crippen LogP contribution < -0.4 is 5.32 Å². The standard InChI is InChI=1S/C14H17F2NO3/c1-13(2,12(19)20)14(3,4)17-11(18)8-5-9(15)7-10(16)6-8/h5-7H,1-4H3,(H,17,18)(H,19,20). The van der Waals surface area contributed by atoms with Gasteiger partial charge in [0.2, 0.25) is 0 Å². The van der Waals surface area contributed by atoms with Gasteiger partial charge in [-0.1, -0.05) is 0 Å². The van der Waals surface area contributed by atoms with Crippen LogP contribution in [0.3, 0.4) is 0 Å². The fourth-order valence-corrected chi connectivity index (χ4v) is 1.46. The lowest BCUT2D eigenvalue weighted by molar-refractivity contribution is -0.150. The minimum atomic E-state index is -1.26. The van der Waals surface area contributed by atoms with E-state index >= 15 is 0 Å². The molecule has 0 fully saturated rings. The summed E-state index contributed by atoms with van der Waals surface area (Å²) in [5, 5.41) is 11.7. The van der Waals surface area contributed by atoms with Gasteiger partial charge in [-0.05, 0) is 39.8 Å². The number of carboxylic acid groups (broad SMARTS) is 1. The van der Waals surface area contributed by atoms with Crippen molar-refractivity contribution in [2.45, 2.75) is 33.2 Å². The molecule has 0 heterocycles. The number of hydrogen-bond acceptors (Lipinski definition) is 2. The summed E-state index contributed by atoms with van der Waals surface area (Å²) in [6, 6.07) is 2.44. The maximum atomic E-state index is 13.1. The zero-order valence-electron chi connectivity index (χ0n) is 11.8. The summed E-state index contributed by atoms with van der Waals surface area (Å²) < 4.78 is 26.1. The van der Waals surface area contributed by atoms with Gasteiger partial charge in [-0.2, -0.15) is 0 Å². The highest BCUT2D eigenvalue weighted by Crippen LogP contribution is 2.31. The molecule has 2 N–H and O–H groups in total. The molecule has 0 saturated carbocycles. The topological polar surface area (TPSA) is 66.4 Å². The predicted octanol–water partition coefficient (Wildman–Crippen LogP) is 2.58. The van der Waals surface area contributed by atoms with Crippen molar-refractivity contribution in [3.63, 3.8) is 0 Å². The highest BCUT2D eigenvalue weighted by molar-refractivity contribution is 5.95. The van der Waals surface area contributed by atoms with E-state index in [9.17, 15) is 23.5 Å². The second-order valence-electron chi connectivity index (χ2n) is 5.67. The van der Waals surface area contributed by atoms with Gasteiger partial charge in [-0.15, -0.1) is 0 Å². The molecule has 0 bridgehead atoms. The van der Waals surface area contributed by atoms with Crippen molar-refractivity contribution in [3.05, 3.63) is 35.4 Å². The molecular formula is C14H17F2NO3. The van der Waals surface area contributed by atoms with Crippen LogP contribution in [-0.2, 0) is 4.79 Å². The number of carbonyl (C=O) groups is 2. The van der Waals surface area contributed by atoms with Gasteiger partial charge in [0.25, 0.3) is 5.91 Å². The van der Waals surface area contributed by atoms with E-state index in [1.54, 1.807) is 0 Å². The van der Waals surface area contributed by atoms with E-state index in [0.717, 1.165) is 12.1 Å². The van der Waals surface area contributed by atoms with Gasteiger partial charge in [0.15, 0.2) is 0 Å². The minimum Gasteiger partial charge on any atom is -0.481 e. The largest absolute Gasteiger partial charge is 0.481 e. The summed E-state index contributed by atoms with van der Waals surface area (Å²) in [6.07, 6.45) is 0. The zero-order chi connectivity index (χ0) is 15.7. The first-order valence-corrected chi connectivity index (χ1v) is 5.99. The summed E-state index contributed by atoms with van der Waals surface area (Å²) in [6.45, 7) is 5.99. The van der Waals surface area contributed by atoms with Crippen LogP contribution in [0, 0.1) is 17.0 Å². The number of amides is 1. The van der Waals surface area contributed by atoms with Crippen LogP contribution in [0.1, 0.15) is 38.1 Å². The fourth-order valence-electron chi connectivity index (χ4n) is 1.46. The molecule has 1 aromatic carbocycles. The van der Waals surface area contributed by atoms with Crippen LogP contribution in [0.5, 0.6) is 0 Å². The molecule has 1 aromatic rings. The Morgan fingerprint density at radius 2 is 1.50 bits per heavy atom. The first-order valence-electron chi connectivity index (χ1n) is 5.99. The van der Waals surface area contributed by atoms with Crippen molar-refractivity contribution >= 4 is 11.9 Å². The van der Waals surface area contributed by atoms with E-state index in [-0.39, 0.29) is 5.56 Å². The lowest BCUT2D eigenvalue weighted by Crippen LogP contribution is -2.57. The molecule has 0 unspecified atom stereocenters. The maximum absolute atomic E-state index is 13.1. The molecule has 6 heteroatoms. The smallest absolute Gasteiger partial charge is 0.311 e. The van der Waals surface area contributed by atoms with Crippen LogP contribution in [0.25, 0.3) is 0 Å². The monoisotopic (exact) mass is 285 g/mol. The summed E-state index contributed by atoms with van der Waals surface area (Å²) >= 11 is 0. The quantitative estimate of drug-likeness (QED) is 0.893. The number of hydrogen-bond donors (Lipinski definition) is 2. The molecule has 0 aliphatic rings. The van der Waals surface area contributed by atoms with E-state index in [1.165, 1.54) is 27.7 Å². The second-order valence-corrected chi connectivity index (χ2v) is 5.67. The Balaban J connectivity index is 3.03. The Morgan fingerprint density at radius 1 is 1.05 bits per heavy atom. The zero-order valence-corrected chi connectivity index (χ0v) is 11.8. The third-order valence-corrected chi connectivity index (χ3v) is 3.65. The number of rotatable bonds is 4. The molecule has 0 aromatic heterocycles. The van der Waals surface area contributed by atoms with Crippen LogP contribution in [-0.4, -0.2) is 22.5 Å². The fraction of sp³-hybridized carbons (Fsp3) is 0.429. The second kappa shape index (κ2) is 5.19. The van der Waals surface area contributed by atoms with Gasteiger partial charge in [-0.3, -0.25) is 9.59 Å². The average Bonchev–Trinajstić information content (AvgIpc) is 2.26. The van der Waals surface area contributed by atoms with E-state index in [4.69, 9.17) is 0 Å². The van der Waals surface area contributed by atoms with Crippen LogP contribution in [0.4, 0.5) is 8.78 Å². The van der Waals surface area contributed by atoms with Gasteiger partial charge >= 0.3 is 5.97 Å². The molecule has 110 valence electrons. The molecular weight excluding hydrogens is 268 g/mol. The molecule has 20 heavy (non-hydrogen) atoms. The first-order chi connectivity index (χ1) is 8.97. The van der Waals surface area contributed by atoms with E-state index < -0.39 is 34.5 Å².